The highest BCUT2D eigenvalue weighted by Crippen LogP contribution is 2.39. The van der Waals surface area contributed by atoms with Crippen LogP contribution in [0.3, 0.4) is 0 Å². The Balaban J connectivity index is 1.54. The monoisotopic (exact) mass is 414 g/mol. The van der Waals surface area contributed by atoms with E-state index in [0.29, 0.717) is 29.6 Å². The molecule has 0 spiro atoms. The van der Waals surface area contributed by atoms with Crippen LogP contribution in [0.25, 0.3) is 0 Å². The zero-order valence-electron chi connectivity index (χ0n) is 17.0. The first kappa shape index (κ1) is 21.0. The highest BCUT2D eigenvalue weighted by Gasteiger charge is 2.33. The summed E-state index contributed by atoms with van der Waals surface area (Å²) in [6.07, 6.45) is 0.813. The smallest absolute Gasteiger partial charge is 0.252 e. The average Bonchev–Trinajstić information content (AvgIpc) is 2.69. The Morgan fingerprint density at radius 1 is 1.14 bits per heavy atom. The molecule has 1 amide bonds. The first-order chi connectivity index (χ1) is 13.9. The highest BCUT2D eigenvalue weighted by atomic mass is 35.5. The maximum Gasteiger partial charge on any atom is 0.252 e. The third kappa shape index (κ3) is 5.41. The molecule has 7 heteroatoms. The molecule has 3 N–H and O–H groups in total. The molecule has 1 aliphatic heterocycles. The zero-order valence-corrected chi connectivity index (χ0v) is 17.7. The number of hydrogen-bond acceptors (Lipinski definition) is 3. The van der Waals surface area contributed by atoms with Crippen molar-refractivity contribution in [2.24, 2.45) is 4.99 Å². The van der Waals surface area contributed by atoms with Gasteiger partial charge in [-0.15, -0.1) is 0 Å². The van der Waals surface area contributed by atoms with E-state index in [1.54, 1.807) is 31.3 Å². The van der Waals surface area contributed by atoms with Gasteiger partial charge in [0.1, 0.15) is 11.4 Å². The topological polar surface area (TPSA) is 74.8 Å². The molecular formula is C22H27ClN4O2. The predicted octanol–water partition coefficient (Wildman–Crippen LogP) is 3.54. The second-order valence-corrected chi connectivity index (χ2v) is 7.94. The molecule has 3 rings (SSSR count). The minimum atomic E-state index is -0.270. The fourth-order valence-corrected chi connectivity index (χ4v) is 3.61. The van der Waals surface area contributed by atoms with Crippen LogP contribution in [0.5, 0.6) is 5.75 Å². The van der Waals surface area contributed by atoms with Gasteiger partial charge in [-0.2, -0.15) is 0 Å². The van der Waals surface area contributed by atoms with Gasteiger partial charge in [0, 0.05) is 32.1 Å². The number of halogens is 1. The van der Waals surface area contributed by atoms with Gasteiger partial charge in [-0.3, -0.25) is 9.79 Å². The largest absolute Gasteiger partial charge is 0.487 e. The van der Waals surface area contributed by atoms with Crippen molar-refractivity contribution >= 4 is 23.5 Å². The Morgan fingerprint density at radius 3 is 2.59 bits per heavy atom. The van der Waals surface area contributed by atoms with Gasteiger partial charge in [0.05, 0.1) is 16.6 Å². The molecule has 2 aromatic rings. The standard InChI is InChI=1S/C22H27ClN4O2/c1-22(2)14-18(16-9-5-7-11-19(16)29-22)27-21(24-3)26-13-12-25-20(28)15-8-4-6-10-17(15)23/h4-11,18H,12-14H2,1-3H3,(H,25,28)(H2,24,26,27). The summed E-state index contributed by atoms with van der Waals surface area (Å²) in [5.41, 5.74) is 1.31. The quantitative estimate of drug-likeness (QED) is 0.397. The van der Waals surface area contributed by atoms with Gasteiger partial charge >= 0.3 is 0 Å². The SMILES string of the molecule is CN=C(NCCNC(=O)c1ccccc1Cl)NC1CC(C)(C)Oc2ccccc21. The molecule has 2 aromatic carbocycles. The van der Waals surface area contributed by atoms with Crippen LogP contribution >= 0.6 is 11.6 Å². The summed E-state index contributed by atoms with van der Waals surface area (Å²) in [6, 6.07) is 15.1. The molecule has 0 fully saturated rings. The third-order valence-corrected chi connectivity index (χ3v) is 5.06. The van der Waals surface area contributed by atoms with Crippen LogP contribution in [0.15, 0.2) is 53.5 Å². The van der Waals surface area contributed by atoms with Crippen molar-refractivity contribution in [2.75, 3.05) is 20.1 Å². The van der Waals surface area contributed by atoms with Gasteiger partial charge in [0.25, 0.3) is 5.91 Å². The van der Waals surface area contributed by atoms with Crippen molar-refractivity contribution < 1.29 is 9.53 Å². The number of aliphatic imine (C=N–C) groups is 1. The van der Waals surface area contributed by atoms with Gasteiger partial charge in [-0.1, -0.05) is 41.9 Å². The maximum absolute atomic E-state index is 12.2. The van der Waals surface area contributed by atoms with E-state index in [1.165, 1.54) is 0 Å². The minimum Gasteiger partial charge on any atom is -0.487 e. The van der Waals surface area contributed by atoms with Crippen molar-refractivity contribution in [1.29, 1.82) is 0 Å². The molecule has 1 aliphatic rings. The fourth-order valence-electron chi connectivity index (χ4n) is 3.39. The second kappa shape index (κ2) is 9.18. The van der Waals surface area contributed by atoms with E-state index < -0.39 is 0 Å². The number of carbonyl (C=O) groups excluding carboxylic acids is 1. The van der Waals surface area contributed by atoms with Crippen LogP contribution < -0.4 is 20.7 Å². The number of guanidine groups is 1. The van der Waals surface area contributed by atoms with Crippen molar-refractivity contribution in [3.05, 3.63) is 64.7 Å². The molecule has 6 nitrogen and oxygen atoms in total. The van der Waals surface area contributed by atoms with E-state index in [9.17, 15) is 4.79 Å². The number of ether oxygens (including phenoxy) is 1. The molecule has 0 bridgehead atoms. The number of nitrogens with zero attached hydrogens (tertiary/aromatic N) is 1. The Hall–Kier alpha value is -2.73. The number of benzene rings is 2. The average molecular weight is 415 g/mol. The number of para-hydroxylation sites is 1. The Bertz CT molecular complexity index is 898. The highest BCUT2D eigenvalue weighted by molar-refractivity contribution is 6.33. The van der Waals surface area contributed by atoms with Crippen LogP contribution in [-0.2, 0) is 0 Å². The summed E-state index contributed by atoms with van der Waals surface area (Å²) < 4.78 is 6.08. The first-order valence-electron chi connectivity index (χ1n) is 9.67. The third-order valence-electron chi connectivity index (χ3n) is 4.73. The summed E-state index contributed by atoms with van der Waals surface area (Å²) in [5.74, 6) is 1.37. The maximum atomic E-state index is 12.2. The Labute approximate surface area is 176 Å². The van der Waals surface area contributed by atoms with Crippen LogP contribution in [0, 0.1) is 0 Å². The molecule has 0 radical (unpaired) electrons. The minimum absolute atomic E-state index is 0.0823. The van der Waals surface area contributed by atoms with E-state index in [-0.39, 0.29) is 17.6 Å². The van der Waals surface area contributed by atoms with E-state index in [4.69, 9.17) is 16.3 Å². The summed E-state index contributed by atoms with van der Waals surface area (Å²) >= 11 is 6.06. The number of fused-ring (bicyclic) bond motifs is 1. The summed E-state index contributed by atoms with van der Waals surface area (Å²) in [7, 11) is 1.73. The van der Waals surface area contributed by atoms with Gasteiger partial charge in [-0.25, -0.2) is 0 Å². The Morgan fingerprint density at radius 2 is 1.83 bits per heavy atom. The van der Waals surface area contributed by atoms with E-state index in [1.807, 2.05) is 18.2 Å². The van der Waals surface area contributed by atoms with Crippen LogP contribution in [-0.4, -0.2) is 37.6 Å². The van der Waals surface area contributed by atoms with Crippen molar-refractivity contribution in [3.8, 4) is 5.75 Å². The zero-order chi connectivity index (χ0) is 20.9. The summed E-state index contributed by atoms with van der Waals surface area (Å²) in [6.45, 7) is 5.14. The second-order valence-electron chi connectivity index (χ2n) is 7.54. The molecule has 154 valence electrons. The van der Waals surface area contributed by atoms with Gasteiger partial charge in [-0.05, 0) is 32.0 Å². The molecule has 0 aromatic heterocycles. The Kier molecular flexibility index (Phi) is 6.64. The van der Waals surface area contributed by atoms with E-state index in [0.717, 1.165) is 17.7 Å². The van der Waals surface area contributed by atoms with Crippen molar-refractivity contribution in [1.82, 2.24) is 16.0 Å². The van der Waals surface area contributed by atoms with Gasteiger partial charge < -0.3 is 20.7 Å². The number of rotatable bonds is 5. The predicted molar refractivity (Wildman–Crippen MR) is 117 cm³/mol. The molecule has 0 aliphatic carbocycles. The van der Waals surface area contributed by atoms with Gasteiger partial charge in [0.15, 0.2) is 5.96 Å². The van der Waals surface area contributed by atoms with Crippen LogP contribution in [0.4, 0.5) is 0 Å². The van der Waals surface area contributed by atoms with Crippen molar-refractivity contribution in [2.45, 2.75) is 31.9 Å². The number of amides is 1. The first-order valence-corrected chi connectivity index (χ1v) is 10.1. The molecular weight excluding hydrogens is 388 g/mol. The normalized spacial score (nSPS) is 17.7. The van der Waals surface area contributed by atoms with E-state index >= 15 is 0 Å². The van der Waals surface area contributed by atoms with Crippen molar-refractivity contribution in [3.63, 3.8) is 0 Å². The lowest BCUT2D eigenvalue weighted by Gasteiger charge is -2.38. The number of carbonyl (C=O) groups is 1. The molecule has 29 heavy (non-hydrogen) atoms. The van der Waals surface area contributed by atoms with E-state index in [2.05, 4.69) is 40.9 Å². The summed E-state index contributed by atoms with van der Waals surface area (Å²) in [4.78, 5) is 16.5. The number of nitrogens with one attached hydrogen (secondary N) is 3. The molecule has 1 heterocycles. The van der Waals surface area contributed by atoms with Gasteiger partial charge in [0.2, 0.25) is 0 Å². The lowest BCUT2D eigenvalue weighted by molar-refractivity contribution is 0.0694. The van der Waals surface area contributed by atoms with Crippen LogP contribution in [0.2, 0.25) is 5.02 Å². The summed E-state index contributed by atoms with van der Waals surface area (Å²) in [5, 5.41) is 10.0. The lowest BCUT2D eigenvalue weighted by Crippen LogP contribution is -2.46. The molecule has 1 atom stereocenters. The lowest BCUT2D eigenvalue weighted by atomic mass is 9.90. The molecule has 0 saturated carbocycles. The van der Waals surface area contributed by atoms with Crippen LogP contribution in [0.1, 0.15) is 42.2 Å². The number of hydrogen-bond donors (Lipinski definition) is 3. The molecule has 1 unspecified atom stereocenters. The fraction of sp³-hybridized carbons (Fsp3) is 0.364. The molecule has 0 saturated heterocycles.